The van der Waals surface area contributed by atoms with Crippen LogP contribution in [-0.4, -0.2) is 10.8 Å². The SMILES string of the molecule is Cc1cccc(C(C#N)C(=O)c2cncs2)c1. The van der Waals surface area contributed by atoms with Crippen molar-refractivity contribution in [2.24, 2.45) is 0 Å². The van der Waals surface area contributed by atoms with Gasteiger partial charge in [-0.15, -0.1) is 11.3 Å². The Morgan fingerprint density at radius 1 is 1.53 bits per heavy atom. The second-order valence-corrected chi connectivity index (χ2v) is 4.59. The fourth-order valence-corrected chi connectivity index (χ4v) is 2.20. The lowest BCUT2D eigenvalue weighted by Gasteiger charge is -2.07. The van der Waals surface area contributed by atoms with E-state index >= 15 is 0 Å². The number of nitrogens with zero attached hydrogens (tertiary/aromatic N) is 2. The van der Waals surface area contributed by atoms with E-state index in [2.05, 4.69) is 11.1 Å². The minimum atomic E-state index is -0.740. The summed E-state index contributed by atoms with van der Waals surface area (Å²) in [6.45, 7) is 1.94. The highest BCUT2D eigenvalue weighted by Crippen LogP contribution is 2.22. The van der Waals surface area contributed by atoms with E-state index < -0.39 is 5.92 Å². The first kappa shape index (κ1) is 11.5. The zero-order valence-corrected chi connectivity index (χ0v) is 10.1. The summed E-state index contributed by atoms with van der Waals surface area (Å²) in [4.78, 5) is 16.5. The second kappa shape index (κ2) is 4.89. The topological polar surface area (TPSA) is 53.8 Å². The molecule has 0 N–H and O–H groups in total. The Bertz CT molecular complexity index is 569. The number of rotatable bonds is 3. The molecule has 0 fully saturated rings. The fourth-order valence-electron chi connectivity index (χ4n) is 1.61. The maximum absolute atomic E-state index is 12.1. The molecule has 0 radical (unpaired) electrons. The summed E-state index contributed by atoms with van der Waals surface area (Å²) in [6.07, 6.45) is 1.51. The van der Waals surface area contributed by atoms with Gasteiger partial charge in [-0.1, -0.05) is 29.8 Å². The standard InChI is InChI=1S/C13H10N2OS/c1-9-3-2-4-10(5-9)11(6-14)13(16)12-7-15-8-17-12/h2-5,7-8,11H,1H3. The Hall–Kier alpha value is -1.99. The van der Waals surface area contributed by atoms with Crippen LogP contribution in [0.1, 0.15) is 26.7 Å². The molecule has 0 saturated carbocycles. The minimum absolute atomic E-state index is 0.180. The van der Waals surface area contributed by atoms with Crippen molar-refractivity contribution in [3.8, 4) is 6.07 Å². The Morgan fingerprint density at radius 2 is 2.35 bits per heavy atom. The quantitative estimate of drug-likeness (QED) is 0.777. The van der Waals surface area contributed by atoms with E-state index in [1.54, 1.807) is 11.6 Å². The summed E-state index contributed by atoms with van der Waals surface area (Å²) in [6, 6.07) is 9.53. The zero-order valence-electron chi connectivity index (χ0n) is 9.25. The number of aromatic nitrogens is 1. The van der Waals surface area contributed by atoms with Gasteiger partial charge in [0, 0.05) is 6.20 Å². The first-order valence-electron chi connectivity index (χ1n) is 5.11. The predicted molar refractivity (Wildman–Crippen MR) is 66.0 cm³/mol. The van der Waals surface area contributed by atoms with E-state index in [0.717, 1.165) is 11.1 Å². The molecule has 2 aromatic rings. The molecular weight excluding hydrogens is 232 g/mol. The molecule has 0 aliphatic rings. The molecule has 17 heavy (non-hydrogen) atoms. The van der Waals surface area contributed by atoms with E-state index in [-0.39, 0.29) is 5.78 Å². The largest absolute Gasteiger partial charge is 0.291 e. The van der Waals surface area contributed by atoms with Crippen LogP contribution in [-0.2, 0) is 0 Å². The third kappa shape index (κ3) is 2.40. The van der Waals surface area contributed by atoms with Crippen LogP contribution in [0, 0.1) is 18.3 Å². The number of hydrogen-bond donors (Lipinski definition) is 0. The van der Waals surface area contributed by atoms with Crippen LogP contribution in [0.15, 0.2) is 36.0 Å². The lowest BCUT2D eigenvalue weighted by atomic mass is 9.94. The molecular formula is C13H10N2OS. The molecule has 0 aliphatic heterocycles. The number of nitriles is 1. The minimum Gasteiger partial charge on any atom is -0.291 e. The molecule has 0 aliphatic carbocycles. The summed E-state index contributed by atoms with van der Waals surface area (Å²) in [5.74, 6) is -0.920. The highest BCUT2D eigenvalue weighted by atomic mass is 32.1. The van der Waals surface area contributed by atoms with Crippen molar-refractivity contribution in [1.29, 1.82) is 5.26 Å². The predicted octanol–water partition coefficient (Wildman–Crippen LogP) is 2.94. The van der Waals surface area contributed by atoms with Gasteiger partial charge in [0.2, 0.25) is 0 Å². The number of Topliss-reactive ketones (excluding diaryl/α,β-unsaturated/α-hetero) is 1. The van der Waals surface area contributed by atoms with Crippen LogP contribution in [0.5, 0.6) is 0 Å². The number of ketones is 1. The molecule has 0 amide bonds. The molecule has 1 unspecified atom stereocenters. The van der Waals surface area contributed by atoms with Crippen LogP contribution in [0.2, 0.25) is 0 Å². The first-order valence-corrected chi connectivity index (χ1v) is 5.99. The van der Waals surface area contributed by atoms with Crippen molar-refractivity contribution in [2.75, 3.05) is 0 Å². The van der Waals surface area contributed by atoms with Crippen LogP contribution < -0.4 is 0 Å². The van der Waals surface area contributed by atoms with Crippen LogP contribution >= 0.6 is 11.3 Å². The van der Waals surface area contributed by atoms with Gasteiger partial charge in [0.1, 0.15) is 5.92 Å². The van der Waals surface area contributed by atoms with Crippen molar-refractivity contribution in [2.45, 2.75) is 12.8 Å². The Kier molecular flexibility index (Phi) is 3.31. The van der Waals surface area contributed by atoms with Gasteiger partial charge in [-0.25, -0.2) is 0 Å². The average molecular weight is 242 g/mol. The van der Waals surface area contributed by atoms with Gasteiger partial charge in [0.05, 0.1) is 16.5 Å². The molecule has 1 aromatic heterocycles. The van der Waals surface area contributed by atoms with Gasteiger partial charge in [-0.3, -0.25) is 9.78 Å². The zero-order chi connectivity index (χ0) is 12.3. The molecule has 0 spiro atoms. The van der Waals surface area contributed by atoms with Gasteiger partial charge in [-0.2, -0.15) is 5.26 Å². The van der Waals surface area contributed by atoms with Crippen molar-refractivity contribution in [3.63, 3.8) is 0 Å². The third-order valence-corrected chi connectivity index (χ3v) is 3.23. The number of thiazole rings is 1. The van der Waals surface area contributed by atoms with Crippen molar-refractivity contribution in [3.05, 3.63) is 52.0 Å². The number of hydrogen-bond acceptors (Lipinski definition) is 4. The Labute approximate surface area is 103 Å². The molecule has 0 bridgehead atoms. The maximum Gasteiger partial charge on any atom is 0.195 e. The summed E-state index contributed by atoms with van der Waals surface area (Å²) < 4.78 is 0. The third-order valence-electron chi connectivity index (χ3n) is 2.44. The lowest BCUT2D eigenvalue weighted by molar-refractivity contribution is 0.0982. The Morgan fingerprint density at radius 3 is 2.94 bits per heavy atom. The van der Waals surface area contributed by atoms with E-state index in [1.165, 1.54) is 17.5 Å². The van der Waals surface area contributed by atoms with E-state index in [4.69, 9.17) is 5.26 Å². The number of carbonyl (C=O) groups is 1. The second-order valence-electron chi connectivity index (χ2n) is 3.71. The van der Waals surface area contributed by atoms with Crippen LogP contribution in [0.25, 0.3) is 0 Å². The Balaban J connectivity index is 2.35. The van der Waals surface area contributed by atoms with Gasteiger partial charge >= 0.3 is 0 Å². The van der Waals surface area contributed by atoms with Crippen molar-refractivity contribution in [1.82, 2.24) is 4.98 Å². The van der Waals surface area contributed by atoms with E-state index in [9.17, 15) is 4.79 Å². The molecule has 2 rings (SSSR count). The molecule has 3 nitrogen and oxygen atoms in total. The van der Waals surface area contributed by atoms with Gasteiger partial charge < -0.3 is 0 Å². The lowest BCUT2D eigenvalue weighted by Crippen LogP contribution is -2.09. The number of carbonyl (C=O) groups excluding carboxylic acids is 1. The van der Waals surface area contributed by atoms with Crippen molar-refractivity contribution < 1.29 is 4.79 Å². The van der Waals surface area contributed by atoms with E-state index in [0.29, 0.717) is 4.88 Å². The average Bonchev–Trinajstić information content (AvgIpc) is 2.83. The first-order chi connectivity index (χ1) is 8.22. The van der Waals surface area contributed by atoms with Crippen molar-refractivity contribution >= 4 is 17.1 Å². The normalized spacial score (nSPS) is 11.8. The van der Waals surface area contributed by atoms with Crippen LogP contribution in [0.4, 0.5) is 0 Å². The molecule has 0 saturated heterocycles. The molecule has 84 valence electrons. The summed E-state index contributed by atoms with van der Waals surface area (Å²) >= 11 is 1.26. The smallest absolute Gasteiger partial charge is 0.195 e. The molecule has 1 atom stereocenters. The maximum atomic E-state index is 12.1. The molecule has 1 heterocycles. The van der Waals surface area contributed by atoms with E-state index in [1.807, 2.05) is 25.1 Å². The summed E-state index contributed by atoms with van der Waals surface area (Å²) in [7, 11) is 0. The summed E-state index contributed by atoms with van der Waals surface area (Å²) in [5.41, 5.74) is 3.38. The highest BCUT2D eigenvalue weighted by molar-refractivity contribution is 7.11. The van der Waals surface area contributed by atoms with Gasteiger partial charge in [0.15, 0.2) is 5.78 Å². The van der Waals surface area contributed by atoms with Gasteiger partial charge in [0.25, 0.3) is 0 Å². The highest BCUT2D eigenvalue weighted by Gasteiger charge is 2.22. The molecule has 4 heteroatoms. The molecule has 1 aromatic carbocycles. The monoisotopic (exact) mass is 242 g/mol. The van der Waals surface area contributed by atoms with Gasteiger partial charge in [-0.05, 0) is 12.5 Å². The summed E-state index contributed by atoms with van der Waals surface area (Å²) in [5, 5.41) is 9.15. The number of aryl methyl sites for hydroxylation is 1. The van der Waals surface area contributed by atoms with Crippen LogP contribution in [0.3, 0.4) is 0 Å². The number of benzene rings is 1. The fraction of sp³-hybridized carbons (Fsp3) is 0.154.